The summed E-state index contributed by atoms with van der Waals surface area (Å²) in [4.78, 5) is 31.2. The Kier molecular flexibility index (Phi) is 7.46. The maximum atomic E-state index is 12.7. The number of likely N-dealkylation sites (tertiary alicyclic amines) is 1. The third-order valence-electron chi connectivity index (χ3n) is 5.39. The van der Waals surface area contributed by atoms with Crippen LogP contribution in [-0.2, 0) is 22.6 Å². The zero-order valence-electron chi connectivity index (χ0n) is 17.0. The second-order valence-corrected chi connectivity index (χ2v) is 7.56. The number of nitrogens with one attached hydrogen (secondary N) is 1. The molecule has 1 saturated heterocycles. The molecule has 2 heterocycles. The number of aromatic nitrogens is 2. The monoisotopic (exact) mass is 384 g/mol. The summed E-state index contributed by atoms with van der Waals surface area (Å²) in [5.74, 6) is 1.25. The molecule has 6 heteroatoms. The van der Waals surface area contributed by atoms with Gasteiger partial charge in [-0.1, -0.05) is 31.9 Å². The molecule has 0 radical (unpaired) electrons. The molecule has 1 aliphatic rings. The van der Waals surface area contributed by atoms with Crippen molar-refractivity contribution in [3.63, 3.8) is 0 Å². The van der Waals surface area contributed by atoms with Crippen LogP contribution in [-0.4, -0.2) is 45.9 Å². The van der Waals surface area contributed by atoms with Crippen LogP contribution in [0.15, 0.2) is 24.3 Å². The molecule has 1 aromatic heterocycles. The molecular formula is C22H32N4O2. The number of imidazole rings is 1. The van der Waals surface area contributed by atoms with Gasteiger partial charge in [0.2, 0.25) is 11.8 Å². The molecule has 0 unspecified atom stereocenters. The fourth-order valence-electron chi connectivity index (χ4n) is 3.88. The lowest BCUT2D eigenvalue weighted by Crippen LogP contribution is -2.32. The van der Waals surface area contributed by atoms with Crippen LogP contribution >= 0.6 is 0 Å². The van der Waals surface area contributed by atoms with E-state index in [0.29, 0.717) is 32.4 Å². The van der Waals surface area contributed by atoms with Crippen molar-refractivity contribution in [2.45, 2.75) is 64.8 Å². The number of benzene rings is 1. The van der Waals surface area contributed by atoms with Gasteiger partial charge in [0.25, 0.3) is 0 Å². The zero-order chi connectivity index (χ0) is 19.8. The summed E-state index contributed by atoms with van der Waals surface area (Å²) in [5, 5.41) is 2.96. The summed E-state index contributed by atoms with van der Waals surface area (Å²) in [7, 11) is 0. The lowest BCUT2D eigenvalue weighted by molar-refractivity contribution is -0.131. The molecular weight excluding hydrogens is 352 g/mol. The first-order valence-electron chi connectivity index (χ1n) is 10.7. The van der Waals surface area contributed by atoms with Crippen molar-refractivity contribution in [2.75, 3.05) is 19.6 Å². The lowest BCUT2D eigenvalue weighted by Gasteiger charge is -2.20. The van der Waals surface area contributed by atoms with Gasteiger partial charge in [-0.3, -0.25) is 9.59 Å². The molecule has 1 N–H and O–H groups in total. The highest BCUT2D eigenvalue weighted by Crippen LogP contribution is 2.18. The molecule has 0 spiro atoms. The van der Waals surface area contributed by atoms with Crippen LogP contribution in [0.4, 0.5) is 0 Å². The fraction of sp³-hybridized carbons (Fsp3) is 0.591. The van der Waals surface area contributed by atoms with Crippen molar-refractivity contribution in [3.8, 4) is 0 Å². The predicted molar refractivity (Wildman–Crippen MR) is 111 cm³/mol. The Balaban J connectivity index is 1.66. The average Bonchev–Trinajstić information content (AvgIpc) is 2.85. The number of amides is 2. The summed E-state index contributed by atoms with van der Waals surface area (Å²) in [6.07, 6.45) is 7.25. The fourth-order valence-corrected chi connectivity index (χ4v) is 3.88. The molecule has 6 nitrogen and oxygen atoms in total. The average molecular weight is 385 g/mol. The Hall–Kier alpha value is -2.37. The van der Waals surface area contributed by atoms with E-state index in [0.717, 1.165) is 49.2 Å². The molecule has 1 aliphatic heterocycles. The Morgan fingerprint density at radius 1 is 1.07 bits per heavy atom. The summed E-state index contributed by atoms with van der Waals surface area (Å²) in [5.41, 5.74) is 2.00. The van der Waals surface area contributed by atoms with E-state index in [4.69, 9.17) is 4.98 Å². The van der Waals surface area contributed by atoms with Gasteiger partial charge in [-0.2, -0.15) is 0 Å². The van der Waals surface area contributed by atoms with E-state index in [1.807, 2.05) is 30.0 Å². The molecule has 1 aromatic carbocycles. The van der Waals surface area contributed by atoms with E-state index in [1.165, 1.54) is 12.8 Å². The van der Waals surface area contributed by atoms with E-state index in [9.17, 15) is 9.59 Å². The first-order valence-corrected chi connectivity index (χ1v) is 10.7. The van der Waals surface area contributed by atoms with E-state index in [-0.39, 0.29) is 11.8 Å². The molecule has 0 atom stereocenters. The number of para-hydroxylation sites is 2. The minimum atomic E-state index is 0.0847. The number of carbonyl (C=O) groups excluding carboxylic acids is 2. The summed E-state index contributed by atoms with van der Waals surface area (Å²) < 4.78 is 2.15. The van der Waals surface area contributed by atoms with Crippen molar-refractivity contribution < 1.29 is 9.59 Å². The van der Waals surface area contributed by atoms with E-state index in [2.05, 4.69) is 16.0 Å². The van der Waals surface area contributed by atoms with Crippen LogP contribution in [0.25, 0.3) is 11.0 Å². The smallest absolute Gasteiger partial charge is 0.224 e. The van der Waals surface area contributed by atoms with Gasteiger partial charge in [0.1, 0.15) is 5.82 Å². The standard InChI is InChI=1S/C22H32N4O2/c1-2-9-21(27)23-14-12-20-24-18-10-5-6-11-19(18)26(20)17-13-22(28)25-15-7-3-4-8-16-25/h5-6,10-11H,2-4,7-9,12-17H2,1H3,(H,23,27). The van der Waals surface area contributed by atoms with Crippen LogP contribution in [0.3, 0.4) is 0 Å². The third kappa shape index (κ3) is 5.33. The predicted octanol–water partition coefficient (Wildman–Crippen LogP) is 3.29. The second-order valence-electron chi connectivity index (χ2n) is 7.56. The van der Waals surface area contributed by atoms with Crippen LogP contribution < -0.4 is 5.32 Å². The molecule has 0 aliphatic carbocycles. The Labute approximate surface area is 167 Å². The van der Waals surface area contributed by atoms with Gasteiger partial charge < -0.3 is 14.8 Å². The number of hydrogen-bond acceptors (Lipinski definition) is 3. The number of hydrogen-bond donors (Lipinski definition) is 1. The highest BCUT2D eigenvalue weighted by atomic mass is 16.2. The molecule has 28 heavy (non-hydrogen) atoms. The summed E-state index contributed by atoms with van der Waals surface area (Å²) in [6, 6.07) is 8.04. The molecule has 0 saturated carbocycles. The van der Waals surface area contributed by atoms with E-state index in [1.54, 1.807) is 0 Å². The van der Waals surface area contributed by atoms with Gasteiger partial charge in [-0.15, -0.1) is 0 Å². The molecule has 0 bridgehead atoms. The van der Waals surface area contributed by atoms with Crippen molar-refractivity contribution in [1.29, 1.82) is 0 Å². The van der Waals surface area contributed by atoms with E-state index >= 15 is 0 Å². The van der Waals surface area contributed by atoms with Gasteiger partial charge in [0, 0.05) is 45.4 Å². The minimum Gasteiger partial charge on any atom is -0.356 e. The van der Waals surface area contributed by atoms with Gasteiger partial charge in [0.15, 0.2) is 0 Å². The highest BCUT2D eigenvalue weighted by Gasteiger charge is 2.17. The summed E-state index contributed by atoms with van der Waals surface area (Å²) >= 11 is 0. The molecule has 3 rings (SSSR count). The van der Waals surface area contributed by atoms with Crippen molar-refractivity contribution >= 4 is 22.8 Å². The molecule has 2 aromatic rings. The van der Waals surface area contributed by atoms with Crippen LogP contribution in [0.5, 0.6) is 0 Å². The topological polar surface area (TPSA) is 67.2 Å². The number of carbonyl (C=O) groups is 2. The summed E-state index contributed by atoms with van der Waals surface area (Å²) in [6.45, 7) is 4.98. The Morgan fingerprint density at radius 3 is 2.57 bits per heavy atom. The van der Waals surface area contributed by atoms with Gasteiger partial charge >= 0.3 is 0 Å². The normalized spacial score (nSPS) is 14.8. The number of nitrogens with zero attached hydrogens (tertiary/aromatic N) is 3. The van der Waals surface area contributed by atoms with Crippen LogP contribution in [0, 0.1) is 0 Å². The highest BCUT2D eigenvalue weighted by molar-refractivity contribution is 5.78. The second kappa shape index (κ2) is 10.2. The van der Waals surface area contributed by atoms with Gasteiger partial charge in [-0.05, 0) is 31.4 Å². The SMILES string of the molecule is CCCC(=O)NCCc1nc2ccccc2n1CCC(=O)N1CCCCCC1. The van der Waals surface area contributed by atoms with Gasteiger partial charge in [-0.25, -0.2) is 4.98 Å². The van der Waals surface area contributed by atoms with Crippen molar-refractivity contribution in [3.05, 3.63) is 30.1 Å². The van der Waals surface area contributed by atoms with Crippen molar-refractivity contribution in [1.82, 2.24) is 19.8 Å². The Morgan fingerprint density at radius 2 is 1.82 bits per heavy atom. The Bertz CT molecular complexity index is 791. The third-order valence-corrected chi connectivity index (χ3v) is 5.39. The largest absolute Gasteiger partial charge is 0.356 e. The first-order chi connectivity index (χ1) is 13.7. The molecule has 152 valence electrons. The quantitative estimate of drug-likeness (QED) is 0.759. The first kappa shape index (κ1) is 20.4. The minimum absolute atomic E-state index is 0.0847. The number of rotatable bonds is 8. The van der Waals surface area contributed by atoms with Crippen LogP contribution in [0.2, 0.25) is 0 Å². The lowest BCUT2D eigenvalue weighted by atomic mass is 10.2. The number of fused-ring (bicyclic) bond motifs is 1. The zero-order valence-corrected chi connectivity index (χ0v) is 17.0. The van der Waals surface area contributed by atoms with Crippen LogP contribution in [0.1, 0.15) is 57.7 Å². The molecule has 1 fully saturated rings. The maximum absolute atomic E-state index is 12.7. The van der Waals surface area contributed by atoms with Gasteiger partial charge in [0.05, 0.1) is 11.0 Å². The number of aryl methyl sites for hydroxylation is 1. The maximum Gasteiger partial charge on any atom is 0.224 e. The van der Waals surface area contributed by atoms with E-state index < -0.39 is 0 Å². The molecule has 2 amide bonds. The van der Waals surface area contributed by atoms with Crippen molar-refractivity contribution in [2.24, 2.45) is 0 Å².